The zero-order valence-electron chi connectivity index (χ0n) is 10.7. The fraction of sp³-hybridized carbons (Fsp3) is 0.615. The molecule has 0 saturated heterocycles. The molecule has 2 rings (SSSR count). The van der Waals surface area contributed by atoms with Crippen molar-refractivity contribution >= 4 is 23.2 Å². The average molecular weight is 282 g/mol. The third kappa shape index (κ3) is 3.32. The van der Waals surface area contributed by atoms with Crippen molar-refractivity contribution in [1.82, 2.24) is 10.3 Å². The van der Waals surface area contributed by atoms with E-state index >= 15 is 0 Å². The van der Waals surface area contributed by atoms with Gasteiger partial charge in [0.2, 0.25) is 0 Å². The first kappa shape index (κ1) is 14.0. The Kier molecular flexibility index (Phi) is 4.52. The van der Waals surface area contributed by atoms with Crippen LogP contribution in [-0.4, -0.2) is 28.5 Å². The third-order valence-corrected chi connectivity index (χ3v) is 4.53. The maximum atomic E-state index is 11.9. The number of nitrogens with zero attached hydrogens (tertiary/aromatic N) is 1. The van der Waals surface area contributed by atoms with Crippen LogP contribution in [-0.2, 0) is 4.79 Å². The Morgan fingerprint density at radius 2 is 2.00 bits per heavy atom. The number of hydrogen-bond acceptors (Lipinski definition) is 4. The van der Waals surface area contributed by atoms with Crippen LogP contribution in [0.5, 0.6) is 0 Å². The van der Waals surface area contributed by atoms with Gasteiger partial charge in [-0.25, -0.2) is 0 Å². The highest BCUT2D eigenvalue weighted by molar-refractivity contribution is 7.11. The molecule has 5 nitrogen and oxygen atoms in total. The number of carbonyl (C=O) groups is 2. The van der Waals surface area contributed by atoms with Crippen LogP contribution < -0.4 is 5.32 Å². The summed E-state index contributed by atoms with van der Waals surface area (Å²) in [6.45, 7) is 0.207. The molecule has 0 bridgehead atoms. The van der Waals surface area contributed by atoms with Gasteiger partial charge in [0, 0.05) is 6.54 Å². The topological polar surface area (TPSA) is 79.3 Å². The standard InChI is InChI=1S/C13H18N2O3S/c16-11(10-7-14-9-19-10)15-8-13(12(17)18)5-3-1-2-4-6-13/h7,9H,1-6,8H2,(H,15,16)(H,17,18). The number of aliphatic carboxylic acids is 1. The van der Waals surface area contributed by atoms with Crippen LogP contribution in [0.15, 0.2) is 11.7 Å². The van der Waals surface area contributed by atoms with E-state index in [1.807, 2.05) is 0 Å². The highest BCUT2D eigenvalue weighted by Gasteiger charge is 2.38. The molecule has 0 aliphatic heterocycles. The number of aromatic nitrogens is 1. The molecule has 1 aliphatic rings. The van der Waals surface area contributed by atoms with Crippen molar-refractivity contribution < 1.29 is 14.7 Å². The fourth-order valence-corrected chi connectivity index (χ4v) is 3.07. The maximum Gasteiger partial charge on any atom is 0.311 e. The predicted octanol–water partition coefficient (Wildman–Crippen LogP) is 2.30. The molecular formula is C13H18N2O3S. The molecule has 0 spiro atoms. The SMILES string of the molecule is O=C(NCC1(C(=O)O)CCCCCC1)c1cncs1. The van der Waals surface area contributed by atoms with E-state index in [2.05, 4.69) is 10.3 Å². The summed E-state index contributed by atoms with van der Waals surface area (Å²) in [5.41, 5.74) is 0.796. The summed E-state index contributed by atoms with van der Waals surface area (Å²) < 4.78 is 0. The molecule has 0 unspecified atom stereocenters. The monoisotopic (exact) mass is 282 g/mol. The smallest absolute Gasteiger partial charge is 0.311 e. The van der Waals surface area contributed by atoms with Crippen molar-refractivity contribution in [2.24, 2.45) is 5.41 Å². The van der Waals surface area contributed by atoms with Crippen LogP contribution in [0, 0.1) is 5.41 Å². The second kappa shape index (κ2) is 6.14. The van der Waals surface area contributed by atoms with Crippen LogP contribution >= 0.6 is 11.3 Å². The molecule has 1 aromatic rings. The average Bonchev–Trinajstić information content (AvgIpc) is 2.82. The lowest BCUT2D eigenvalue weighted by atomic mass is 9.80. The fourth-order valence-electron chi connectivity index (χ4n) is 2.54. The first-order valence-corrected chi connectivity index (χ1v) is 7.42. The van der Waals surface area contributed by atoms with Crippen molar-refractivity contribution in [3.63, 3.8) is 0 Å². The molecule has 1 saturated carbocycles. The Balaban J connectivity index is 2.00. The van der Waals surface area contributed by atoms with E-state index in [0.29, 0.717) is 17.7 Å². The van der Waals surface area contributed by atoms with Gasteiger partial charge in [0.1, 0.15) is 4.88 Å². The Labute approximate surface area is 116 Å². The number of hydrogen-bond donors (Lipinski definition) is 2. The van der Waals surface area contributed by atoms with Crippen LogP contribution in [0.4, 0.5) is 0 Å². The summed E-state index contributed by atoms with van der Waals surface area (Å²) in [6, 6.07) is 0. The number of thiazole rings is 1. The molecule has 104 valence electrons. The zero-order chi connectivity index (χ0) is 13.7. The number of carboxylic acids is 1. The van der Waals surface area contributed by atoms with E-state index in [4.69, 9.17) is 0 Å². The van der Waals surface area contributed by atoms with Gasteiger partial charge in [-0.05, 0) is 12.8 Å². The van der Waals surface area contributed by atoms with E-state index in [1.54, 1.807) is 5.51 Å². The molecular weight excluding hydrogens is 264 g/mol. The van der Waals surface area contributed by atoms with Crippen molar-refractivity contribution in [2.75, 3.05) is 6.54 Å². The second-order valence-corrected chi connectivity index (χ2v) is 5.93. The minimum Gasteiger partial charge on any atom is -0.481 e. The Hall–Kier alpha value is -1.43. The molecule has 1 aromatic heterocycles. The summed E-state index contributed by atoms with van der Waals surface area (Å²) in [6.07, 6.45) is 6.79. The molecule has 1 aliphatic carbocycles. The minimum atomic E-state index is -0.795. The highest BCUT2D eigenvalue weighted by atomic mass is 32.1. The summed E-state index contributed by atoms with van der Waals surface area (Å²) in [5, 5.41) is 12.3. The van der Waals surface area contributed by atoms with Crippen LogP contribution in [0.1, 0.15) is 48.2 Å². The number of amides is 1. The van der Waals surface area contributed by atoms with Gasteiger partial charge in [0.05, 0.1) is 17.1 Å². The summed E-state index contributed by atoms with van der Waals surface area (Å²) in [5.74, 6) is -1.02. The van der Waals surface area contributed by atoms with Gasteiger partial charge in [0.15, 0.2) is 0 Å². The Morgan fingerprint density at radius 1 is 1.32 bits per heavy atom. The van der Waals surface area contributed by atoms with Crippen LogP contribution in [0.25, 0.3) is 0 Å². The molecule has 0 atom stereocenters. The second-order valence-electron chi connectivity index (χ2n) is 5.05. The van der Waals surface area contributed by atoms with E-state index in [1.165, 1.54) is 17.5 Å². The minimum absolute atomic E-state index is 0.207. The normalized spacial score (nSPS) is 18.5. The van der Waals surface area contributed by atoms with Gasteiger partial charge in [-0.15, -0.1) is 11.3 Å². The lowest BCUT2D eigenvalue weighted by Crippen LogP contribution is -2.42. The molecule has 2 N–H and O–H groups in total. The Morgan fingerprint density at radius 3 is 2.53 bits per heavy atom. The predicted molar refractivity (Wildman–Crippen MR) is 72.2 cm³/mol. The van der Waals surface area contributed by atoms with E-state index < -0.39 is 11.4 Å². The number of carbonyl (C=O) groups excluding carboxylic acids is 1. The molecule has 1 heterocycles. The van der Waals surface area contributed by atoms with Gasteiger partial charge in [-0.3, -0.25) is 14.6 Å². The van der Waals surface area contributed by atoms with Crippen LogP contribution in [0.2, 0.25) is 0 Å². The number of carboxylic acid groups (broad SMARTS) is 1. The lowest BCUT2D eigenvalue weighted by molar-refractivity contribution is -0.149. The van der Waals surface area contributed by atoms with Gasteiger partial charge in [-0.2, -0.15) is 0 Å². The van der Waals surface area contributed by atoms with Crippen molar-refractivity contribution in [3.8, 4) is 0 Å². The van der Waals surface area contributed by atoms with Crippen molar-refractivity contribution in [2.45, 2.75) is 38.5 Å². The molecule has 0 aromatic carbocycles. The third-order valence-electron chi connectivity index (χ3n) is 3.76. The molecule has 1 amide bonds. The Bertz CT molecular complexity index is 437. The van der Waals surface area contributed by atoms with E-state index in [0.717, 1.165) is 25.7 Å². The number of rotatable bonds is 4. The lowest BCUT2D eigenvalue weighted by Gasteiger charge is -2.28. The van der Waals surface area contributed by atoms with Gasteiger partial charge in [-0.1, -0.05) is 25.7 Å². The summed E-state index contributed by atoms with van der Waals surface area (Å²) in [4.78, 5) is 27.8. The van der Waals surface area contributed by atoms with Gasteiger partial charge >= 0.3 is 5.97 Å². The van der Waals surface area contributed by atoms with E-state index in [9.17, 15) is 14.7 Å². The maximum absolute atomic E-state index is 11.9. The van der Waals surface area contributed by atoms with Crippen LogP contribution in [0.3, 0.4) is 0 Å². The largest absolute Gasteiger partial charge is 0.481 e. The molecule has 19 heavy (non-hydrogen) atoms. The first-order valence-electron chi connectivity index (χ1n) is 6.54. The van der Waals surface area contributed by atoms with Crippen molar-refractivity contribution in [1.29, 1.82) is 0 Å². The quantitative estimate of drug-likeness (QED) is 0.830. The summed E-state index contributed by atoms with van der Waals surface area (Å²) in [7, 11) is 0. The molecule has 6 heteroatoms. The van der Waals surface area contributed by atoms with Gasteiger partial charge < -0.3 is 10.4 Å². The van der Waals surface area contributed by atoms with Gasteiger partial charge in [0.25, 0.3) is 5.91 Å². The number of nitrogens with one attached hydrogen (secondary N) is 1. The van der Waals surface area contributed by atoms with E-state index in [-0.39, 0.29) is 12.5 Å². The van der Waals surface area contributed by atoms with Crippen molar-refractivity contribution in [3.05, 3.63) is 16.6 Å². The summed E-state index contributed by atoms with van der Waals surface area (Å²) >= 11 is 1.26. The molecule has 0 radical (unpaired) electrons. The highest BCUT2D eigenvalue weighted by Crippen LogP contribution is 2.34. The first-order chi connectivity index (χ1) is 9.14. The zero-order valence-corrected chi connectivity index (χ0v) is 11.5. The molecule has 1 fully saturated rings.